The van der Waals surface area contributed by atoms with Gasteiger partial charge in [-0.2, -0.15) is 4.72 Å². The summed E-state index contributed by atoms with van der Waals surface area (Å²) in [5, 5.41) is 8.93. The first-order chi connectivity index (χ1) is 8.36. The van der Waals surface area contributed by atoms with Crippen LogP contribution in [0.5, 0.6) is 0 Å². The number of carbonyl (C=O) groups is 1. The van der Waals surface area contributed by atoms with E-state index >= 15 is 0 Å². The first-order valence-corrected chi connectivity index (χ1v) is 7.65. The number of carboxylic acids is 1. The maximum absolute atomic E-state index is 12.0. The number of hydrogen-bond donors (Lipinski definition) is 2. The Morgan fingerprint density at radius 1 is 1.50 bits per heavy atom. The van der Waals surface area contributed by atoms with Crippen molar-refractivity contribution < 1.29 is 18.3 Å². The zero-order chi connectivity index (χ0) is 13.8. The summed E-state index contributed by atoms with van der Waals surface area (Å²) in [4.78, 5) is 11.0. The quantitative estimate of drug-likeness (QED) is 0.832. The highest BCUT2D eigenvalue weighted by Gasteiger charge is 2.24. The lowest BCUT2D eigenvalue weighted by Crippen LogP contribution is -2.40. The van der Waals surface area contributed by atoms with Gasteiger partial charge in [-0.15, -0.1) is 0 Å². The molecule has 1 aromatic carbocycles. The third kappa shape index (κ3) is 4.08. The van der Waals surface area contributed by atoms with Gasteiger partial charge in [0.2, 0.25) is 10.0 Å². The first-order valence-electron chi connectivity index (χ1n) is 5.37. The van der Waals surface area contributed by atoms with Crippen LogP contribution in [0.3, 0.4) is 0 Å². The van der Waals surface area contributed by atoms with Gasteiger partial charge in [0.1, 0.15) is 6.04 Å². The molecule has 0 radical (unpaired) electrons. The van der Waals surface area contributed by atoms with E-state index in [0.29, 0.717) is 10.9 Å². The summed E-state index contributed by atoms with van der Waals surface area (Å²) in [6.07, 6.45) is 0.834. The Labute approximate surface area is 114 Å². The standard InChI is InChI=1S/C11H14BrNO4S/c1-2-4-10(11(14)15)13-18(16,17)9-6-3-5-8(12)7-9/h3,5-7,10,13H,2,4H2,1H3,(H,14,15)/t10-/m0/s1. The van der Waals surface area contributed by atoms with Gasteiger partial charge in [0.15, 0.2) is 0 Å². The normalized spacial score (nSPS) is 13.2. The molecular weight excluding hydrogens is 322 g/mol. The smallest absolute Gasteiger partial charge is 0.321 e. The van der Waals surface area contributed by atoms with Crippen molar-refractivity contribution in [2.75, 3.05) is 0 Å². The van der Waals surface area contributed by atoms with Crippen LogP contribution >= 0.6 is 15.9 Å². The Balaban J connectivity index is 2.97. The SMILES string of the molecule is CCC[C@H](NS(=O)(=O)c1cccc(Br)c1)C(=O)O. The van der Waals surface area contributed by atoms with E-state index in [9.17, 15) is 13.2 Å². The Morgan fingerprint density at radius 3 is 2.67 bits per heavy atom. The lowest BCUT2D eigenvalue weighted by Gasteiger charge is -2.14. The van der Waals surface area contributed by atoms with Crippen LogP contribution in [0.25, 0.3) is 0 Å². The fourth-order valence-electron chi connectivity index (χ4n) is 1.41. The van der Waals surface area contributed by atoms with Crippen LogP contribution in [0.2, 0.25) is 0 Å². The number of aliphatic carboxylic acids is 1. The lowest BCUT2D eigenvalue weighted by molar-refractivity contribution is -0.139. The average molecular weight is 336 g/mol. The molecule has 2 N–H and O–H groups in total. The van der Waals surface area contributed by atoms with E-state index in [-0.39, 0.29) is 11.3 Å². The predicted octanol–water partition coefficient (Wildman–Crippen LogP) is 1.98. The number of carboxylic acid groups (broad SMARTS) is 1. The van der Waals surface area contributed by atoms with Gasteiger partial charge < -0.3 is 5.11 Å². The lowest BCUT2D eigenvalue weighted by atomic mass is 10.2. The Bertz CT molecular complexity index is 530. The fourth-order valence-corrected chi connectivity index (χ4v) is 3.23. The molecule has 0 aromatic heterocycles. The van der Waals surface area contributed by atoms with Crippen molar-refractivity contribution in [1.29, 1.82) is 0 Å². The summed E-state index contributed by atoms with van der Waals surface area (Å²) in [6, 6.07) is 5.01. The molecule has 0 aliphatic rings. The van der Waals surface area contributed by atoms with Crippen molar-refractivity contribution in [1.82, 2.24) is 4.72 Å². The molecule has 0 aliphatic carbocycles. The second-order valence-corrected chi connectivity index (χ2v) is 6.39. The Kier molecular flexibility index (Phi) is 5.30. The first kappa shape index (κ1) is 15.1. The van der Waals surface area contributed by atoms with Crippen LogP contribution in [-0.4, -0.2) is 25.5 Å². The maximum atomic E-state index is 12.0. The number of nitrogens with one attached hydrogen (secondary N) is 1. The largest absolute Gasteiger partial charge is 0.480 e. The zero-order valence-electron chi connectivity index (χ0n) is 9.76. The van der Waals surface area contributed by atoms with Crippen LogP contribution in [0.1, 0.15) is 19.8 Å². The summed E-state index contributed by atoms with van der Waals surface area (Å²) < 4.78 is 26.8. The second kappa shape index (κ2) is 6.31. The number of sulfonamides is 1. The van der Waals surface area contributed by atoms with Gasteiger partial charge in [0.25, 0.3) is 0 Å². The van der Waals surface area contributed by atoms with Gasteiger partial charge in [-0.05, 0) is 24.6 Å². The van der Waals surface area contributed by atoms with E-state index in [2.05, 4.69) is 20.7 Å². The minimum Gasteiger partial charge on any atom is -0.480 e. The number of halogens is 1. The van der Waals surface area contributed by atoms with Crippen molar-refractivity contribution in [2.45, 2.75) is 30.7 Å². The van der Waals surface area contributed by atoms with Crippen LogP contribution < -0.4 is 4.72 Å². The zero-order valence-corrected chi connectivity index (χ0v) is 12.2. The van der Waals surface area contributed by atoms with Crippen LogP contribution in [0, 0.1) is 0 Å². The van der Waals surface area contributed by atoms with E-state index in [1.807, 2.05) is 0 Å². The second-order valence-electron chi connectivity index (χ2n) is 3.76. The van der Waals surface area contributed by atoms with Gasteiger partial charge in [0.05, 0.1) is 4.90 Å². The molecule has 0 unspecified atom stereocenters. The Hall–Kier alpha value is -0.920. The summed E-state index contributed by atoms with van der Waals surface area (Å²) in [5.74, 6) is -1.17. The molecule has 1 rings (SSSR count). The third-order valence-corrected chi connectivity index (χ3v) is 4.24. The van der Waals surface area contributed by atoms with E-state index in [1.165, 1.54) is 12.1 Å². The summed E-state index contributed by atoms with van der Waals surface area (Å²) in [6.45, 7) is 1.79. The van der Waals surface area contributed by atoms with Crippen molar-refractivity contribution in [3.63, 3.8) is 0 Å². The monoisotopic (exact) mass is 335 g/mol. The predicted molar refractivity (Wildman–Crippen MR) is 70.8 cm³/mol. The van der Waals surface area contributed by atoms with E-state index in [4.69, 9.17) is 5.11 Å². The third-order valence-electron chi connectivity index (χ3n) is 2.28. The van der Waals surface area contributed by atoms with Crippen LogP contribution in [-0.2, 0) is 14.8 Å². The van der Waals surface area contributed by atoms with Gasteiger partial charge in [-0.25, -0.2) is 8.42 Å². The van der Waals surface area contributed by atoms with Crippen molar-refractivity contribution >= 4 is 31.9 Å². The topological polar surface area (TPSA) is 83.5 Å². The molecular formula is C11H14BrNO4S. The highest BCUT2D eigenvalue weighted by Crippen LogP contribution is 2.16. The van der Waals surface area contributed by atoms with Gasteiger partial charge in [-0.1, -0.05) is 35.3 Å². The van der Waals surface area contributed by atoms with Crippen LogP contribution in [0.15, 0.2) is 33.6 Å². The summed E-state index contributed by atoms with van der Waals surface area (Å²) >= 11 is 3.17. The van der Waals surface area contributed by atoms with Crippen molar-refractivity contribution in [3.05, 3.63) is 28.7 Å². The van der Waals surface area contributed by atoms with E-state index < -0.39 is 22.0 Å². The fraction of sp³-hybridized carbons (Fsp3) is 0.364. The van der Waals surface area contributed by atoms with E-state index in [0.717, 1.165) is 0 Å². The molecule has 7 heteroatoms. The molecule has 0 fully saturated rings. The van der Waals surface area contributed by atoms with Crippen molar-refractivity contribution in [3.8, 4) is 0 Å². The molecule has 0 aliphatic heterocycles. The minimum absolute atomic E-state index is 0.0410. The molecule has 0 bridgehead atoms. The summed E-state index contributed by atoms with van der Waals surface area (Å²) in [5.41, 5.74) is 0. The van der Waals surface area contributed by atoms with Gasteiger partial charge >= 0.3 is 5.97 Å². The molecule has 18 heavy (non-hydrogen) atoms. The molecule has 1 aromatic rings. The molecule has 0 saturated carbocycles. The van der Waals surface area contributed by atoms with Gasteiger partial charge in [-0.3, -0.25) is 4.79 Å². The highest BCUT2D eigenvalue weighted by atomic mass is 79.9. The number of benzene rings is 1. The molecule has 100 valence electrons. The van der Waals surface area contributed by atoms with Crippen molar-refractivity contribution in [2.24, 2.45) is 0 Å². The molecule has 0 amide bonds. The highest BCUT2D eigenvalue weighted by molar-refractivity contribution is 9.10. The maximum Gasteiger partial charge on any atom is 0.321 e. The Morgan fingerprint density at radius 2 is 2.17 bits per heavy atom. The molecule has 5 nitrogen and oxygen atoms in total. The van der Waals surface area contributed by atoms with Crippen LogP contribution in [0.4, 0.5) is 0 Å². The molecule has 0 heterocycles. The van der Waals surface area contributed by atoms with Gasteiger partial charge in [0, 0.05) is 4.47 Å². The number of rotatable bonds is 6. The minimum atomic E-state index is -3.81. The van der Waals surface area contributed by atoms with E-state index in [1.54, 1.807) is 19.1 Å². The molecule has 0 spiro atoms. The molecule has 1 atom stereocenters. The average Bonchev–Trinajstić information content (AvgIpc) is 2.28. The molecule has 0 saturated heterocycles. The summed E-state index contributed by atoms with van der Waals surface area (Å²) in [7, 11) is -3.81. The number of hydrogen-bond acceptors (Lipinski definition) is 3.